The zero-order valence-electron chi connectivity index (χ0n) is 14.2. The van der Waals surface area contributed by atoms with Gasteiger partial charge < -0.3 is 10.2 Å². The maximum atomic E-state index is 12.7. The second kappa shape index (κ2) is 7.30. The number of benzene rings is 1. The van der Waals surface area contributed by atoms with E-state index in [2.05, 4.69) is 30.5 Å². The Kier molecular flexibility index (Phi) is 4.55. The standard InChI is InChI=1S/C18H19N7O/c26-18(16-12-21-23-25(16)15-4-2-1-3-5-15)22-14-6-10-24(11-7-14)17-13-19-8-9-20-17/h1-5,8-9,12-14H,6-7,10-11H2,(H,22,26). The van der Waals surface area contributed by atoms with Crippen molar-refractivity contribution in [2.24, 2.45) is 0 Å². The Labute approximate surface area is 150 Å². The third-order valence-electron chi connectivity index (χ3n) is 4.49. The SMILES string of the molecule is O=C(NC1CCN(c2cnccn2)CC1)c1cnnn1-c1ccccc1. The molecular formula is C18H19N7O. The molecule has 1 amide bonds. The Morgan fingerprint density at radius 3 is 2.62 bits per heavy atom. The van der Waals surface area contributed by atoms with Gasteiger partial charge in [-0.15, -0.1) is 5.10 Å². The van der Waals surface area contributed by atoms with Crippen LogP contribution >= 0.6 is 0 Å². The Morgan fingerprint density at radius 2 is 1.88 bits per heavy atom. The first-order chi connectivity index (χ1) is 12.8. The maximum Gasteiger partial charge on any atom is 0.271 e. The minimum absolute atomic E-state index is 0.120. The van der Waals surface area contributed by atoms with Crippen LogP contribution in [-0.4, -0.2) is 50.0 Å². The highest BCUT2D eigenvalue weighted by Gasteiger charge is 2.23. The van der Waals surface area contributed by atoms with Crippen LogP contribution in [0.2, 0.25) is 0 Å². The van der Waals surface area contributed by atoms with Gasteiger partial charge in [0.05, 0.1) is 18.1 Å². The first-order valence-corrected chi connectivity index (χ1v) is 8.59. The number of piperidine rings is 1. The van der Waals surface area contributed by atoms with Crippen molar-refractivity contribution >= 4 is 11.7 Å². The Morgan fingerprint density at radius 1 is 1.08 bits per heavy atom. The normalized spacial score (nSPS) is 15.0. The fraction of sp³-hybridized carbons (Fsp3) is 0.278. The predicted molar refractivity (Wildman–Crippen MR) is 96.1 cm³/mol. The van der Waals surface area contributed by atoms with Crippen LogP contribution in [0.5, 0.6) is 0 Å². The van der Waals surface area contributed by atoms with E-state index in [0.29, 0.717) is 5.69 Å². The maximum absolute atomic E-state index is 12.7. The number of para-hydroxylation sites is 1. The quantitative estimate of drug-likeness (QED) is 0.767. The van der Waals surface area contributed by atoms with Crippen LogP contribution in [0.3, 0.4) is 0 Å². The molecule has 1 aliphatic heterocycles. The summed E-state index contributed by atoms with van der Waals surface area (Å²) in [6.07, 6.45) is 8.34. The number of anilines is 1. The molecule has 0 aliphatic carbocycles. The molecule has 3 heterocycles. The molecule has 8 heteroatoms. The van der Waals surface area contributed by atoms with Crippen molar-refractivity contribution < 1.29 is 4.79 Å². The zero-order valence-corrected chi connectivity index (χ0v) is 14.2. The molecule has 4 rings (SSSR count). The van der Waals surface area contributed by atoms with E-state index >= 15 is 0 Å². The number of amides is 1. The van der Waals surface area contributed by atoms with Gasteiger partial charge in [0.15, 0.2) is 5.69 Å². The summed E-state index contributed by atoms with van der Waals surface area (Å²) >= 11 is 0. The number of carbonyl (C=O) groups excluding carboxylic acids is 1. The molecule has 0 bridgehead atoms. The number of aromatic nitrogens is 5. The van der Waals surface area contributed by atoms with E-state index in [1.54, 1.807) is 23.3 Å². The highest BCUT2D eigenvalue weighted by Crippen LogP contribution is 2.17. The van der Waals surface area contributed by atoms with Crippen LogP contribution in [-0.2, 0) is 0 Å². The van der Waals surface area contributed by atoms with Crippen LogP contribution < -0.4 is 10.2 Å². The third-order valence-corrected chi connectivity index (χ3v) is 4.49. The third kappa shape index (κ3) is 3.39. The first-order valence-electron chi connectivity index (χ1n) is 8.59. The van der Waals surface area contributed by atoms with Crippen LogP contribution in [0.25, 0.3) is 5.69 Å². The molecule has 8 nitrogen and oxygen atoms in total. The van der Waals surface area contributed by atoms with E-state index in [4.69, 9.17) is 0 Å². The fourth-order valence-electron chi connectivity index (χ4n) is 3.12. The summed E-state index contributed by atoms with van der Waals surface area (Å²) in [5.74, 6) is 0.723. The summed E-state index contributed by atoms with van der Waals surface area (Å²) in [6.45, 7) is 1.67. The van der Waals surface area contributed by atoms with Crippen LogP contribution in [0, 0.1) is 0 Å². The van der Waals surface area contributed by atoms with E-state index in [1.165, 1.54) is 6.20 Å². The summed E-state index contributed by atoms with van der Waals surface area (Å²) in [5.41, 5.74) is 1.25. The molecule has 0 radical (unpaired) electrons. The Bertz CT molecular complexity index is 858. The van der Waals surface area contributed by atoms with E-state index in [1.807, 2.05) is 30.3 Å². The first kappa shape index (κ1) is 16.2. The average Bonchev–Trinajstić information content (AvgIpc) is 3.20. The van der Waals surface area contributed by atoms with Gasteiger partial charge in [-0.25, -0.2) is 9.67 Å². The second-order valence-electron chi connectivity index (χ2n) is 6.17. The smallest absolute Gasteiger partial charge is 0.271 e. The highest BCUT2D eigenvalue weighted by molar-refractivity contribution is 5.93. The number of nitrogens with one attached hydrogen (secondary N) is 1. The summed E-state index contributed by atoms with van der Waals surface area (Å²) < 4.78 is 1.56. The van der Waals surface area contributed by atoms with Crippen LogP contribution in [0.4, 0.5) is 5.82 Å². The fourth-order valence-corrected chi connectivity index (χ4v) is 3.12. The van der Waals surface area contributed by atoms with Gasteiger partial charge in [-0.2, -0.15) is 0 Å². The number of carbonyl (C=O) groups is 1. The molecule has 1 N–H and O–H groups in total. The van der Waals surface area contributed by atoms with Crippen molar-refractivity contribution in [3.8, 4) is 5.69 Å². The van der Waals surface area contributed by atoms with Crippen molar-refractivity contribution in [1.29, 1.82) is 0 Å². The van der Waals surface area contributed by atoms with Gasteiger partial charge in [-0.1, -0.05) is 23.4 Å². The van der Waals surface area contributed by atoms with Crippen molar-refractivity contribution in [1.82, 2.24) is 30.3 Å². The molecule has 0 spiro atoms. The molecule has 1 aliphatic rings. The lowest BCUT2D eigenvalue weighted by Crippen LogP contribution is -2.45. The average molecular weight is 349 g/mol. The second-order valence-corrected chi connectivity index (χ2v) is 6.17. The Hall–Kier alpha value is -3.29. The van der Waals surface area contributed by atoms with Gasteiger partial charge in [-0.05, 0) is 25.0 Å². The molecule has 0 unspecified atom stereocenters. The van der Waals surface area contributed by atoms with E-state index in [-0.39, 0.29) is 11.9 Å². The van der Waals surface area contributed by atoms with Crippen molar-refractivity contribution in [3.05, 3.63) is 60.8 Å². The van der Waals surface area contributed by atoms with Gasteiger partial charge in [0.1, 0.15) is 5.82 Å². The largest absolute Gasteiger partial charge is 0.355 e. The zero-order chi connectivity index (χ0) is 17.8. The molecule has 0 saturated carbocycles. The minimum Gasteiger partial charge on any atom is -0.355 e. The number of rotatable bonds is 4. The summed E-state index contributed by atoms with van der Waals surface area (Å²) in [4.78, 5) is 23.3. The van der Waals surface area contributed by atoms with E-state index < -0.39 is 0 Å². The number of hydrogen-bond donors (Lipinski definition) is 1. The van der Waals surface area contributed by atoms with Crippen LogP contribution in [0.15, 0.2) is 55.1 Å². The summed E-state index contributed by atoms with van der Waals surface area (Å²) in [6, 6.07) is 9.64. The van der Waals surface area contributed by atoms with Crippen LogP contribution in [0.1, 0.15) is 23.3 Å². The molecule has 1 fully saturated rings. The van der Waals surface area contributed by atoms with Crippen molar-refractivity contribution in [3.63, 3.8) is 0 Å². The highest BCUT2D eigenvalue weighted by atomic mass is 16.2. The molecular weight excluding hydrogens is 330 g/mol. The van der Waals surface area contributed by atoms with E-state index in [0.717, 1.165) is 37.4 Å². The Balaban J connectivity index is 1.39. The van der Waals surface area contributed by atoms with Gasteiger partial charge in [0.2, 0.25) is 0 Å². The monoisotopic (exact) mass is 349 g/mol. The summed E-state index contributed by atoms with van der Waals surface area (Å²) in [5, 5.41) is 11.0. The lowest BCUT2D eigenvalue weighted by molar-refractivity contribution is 0.0923. The molecule has 0 atom stereocenters. The lowest BCUT2D eigenvalue weighted by atomic mass is 10.0. The van der Waals surface area contributed by atoms with E-state index in [9.17, 15) is 4.79 Å². The summed E-state index contributed by atoms with van der Waals surface area (Å²) in [7, 11) is 0. The number of hydrogen-bond acceptors (Lipinski definition) is 6. The number of nitrogens with zero attached hydrogens (tertiary/aromatic N) is 6. The topological polar surface area (TPSA) is 88.8 Å². The van der Waals surface area contributed by atoms with Crippen molar-refractivity contribution in [2.75, 3.05) is 18.0 Å². The molecule has 2 aromatic heterocycles. The molecule has 1 saturated heterocycles. The van der Waals surface area contributed by atoms with Gasteiger partial charge in [-0.3, -0.25) is 9.78 Å². The lowest BCUT2D eigenvalue weighted by Gasteiger charge is -2.32. The van der Waals surface area contributed by atoms with Gasteiger partial charge in [0, 0.05) is 31.5 Å². The van der Waals surface area contributed by atoms with Gasteiger partial charge >= 0.3 is 0 Å². The molecule has 3 aromatic rings. The molecule has 1 aromatic carbocycles. The predicted octanol–water partition coefficient (Wildman–Crippen LogP) is 1.46. The van der Waals surface area contributed by atoms with Gasteiger partial charge in [0.25, 0.3) is 5.91 Å². The molecule has 26 heavy (non-hydrogen) atoms. The molecule has 132 valence electrons. The van der Waals surface area contributed by atoms with Crippen molar-refractivity contribution in [2.45, 2.75) is 18.9 Å². The minimum atomic E-state index is -0.156.